The normalized spacial score (nSPS) is 22.4. The van der Waals surface area contributed by atoms with Crippen LogP contribution in [0.3, 0.4) is 0 Å². The first-order chi connectivity index (χ1) is 10.7. The minimum absolute atomic E-state index is 0.0683. The van der Waals surface area contributed by atoms with Crippen LogP contribution in [0, 0.1) is 0 Å². The highest BCUT2D eigenvalue weighted by Gasteiger charge is 2.29. The Morgan fingerprint density at radius 1 is 1.50 bits per heavy atom. The number of piperidine rings is 1. The number of carbonyl (C=O) groups is 2. The molecule has 0 spiro atoms. The van der Waals surface area contributed by atoms with Crippen molar-refractivity contribution < 1.29 is 9.59 Å². The van der Waals surface area contributed by atoms with Gasteiger partial charge in [-0.15, -0.1) is 11.8 Å². The number of likely N-dealkylation sites (tertiary alicyclic amines) is 1. The lowest BCUT2D eigenvalue weighted by Gasteiger charge is -2.34. The van der Waals surface area contributed by atoms with Crippen LogP contribution in [0.15, 0.2) is 12.4 Å². The topological polar surface area (TPSA) is 58.4 Å². The Bertz CT molecular complexity index is 559. The van der Waals surface area contributed by atoms with Crippen LogP contribution < -0.4 is 0 Å². The van der Waals surface area contributed by atoms with Gasteiger partial charge in [-0.3, -0.25) is 9.59 Å². The molecule has 0 N–H and O–H groups in total. The average molecular weight is 322 g/mol. The molecule has 0 saturated carbocycles. The number of hydrogen-bond donors (Lipinski definition) is 0. The van der Waals surface area contributed by atoms with Gasteiger partial charge in [0.25, 0.3) is 0 Å². The number of hydrogen-bond acceptors (Lipinski definition) is 4. The summed E-state index contributed by atoms with van der Waals surface area (Å²) in [4.78, 5) is 32.1. The van der Waals surface area contributed by atoms with Crippen molar-refractivity contribution in [3.8, 4) is 0 Å². The third-order valence-corrected chi connectivity index (χ3v) is 5.30. The molecule has 22 heavy (non-hydrogen) atoms. The molecule has 2 fully saturated rings. The lowest BCUT2D eigenvalue weighted by atomic mass is 10.1. The summed E-state index contributed by atoms with van der Waals surface area (Å²) in [6.45, 7) is 3.84. The van der Waals surface area contributed by atoms with E-state index in [1.165, 1.54) is 0 Å². The standard InChI is InChI=1S/C15H22N4O2S/c1-2-13-16-5-7-19(13)12-4-3-6-17(8-12)14(20)9-18-11-22-10-15(18)21/h5,7,12H,2-4,6,8-11H2,1H3/t12-/m0/s1. The monoisotopic (exact) mass is 322 g/mol. The molecule has 3 rings (SSSR count). The predicted octanol–water partition coefficient (Wildman–Crippen LogP) is 1.14. The first-order valence-corrected chi connectivity index (χ1v) is 8.99. The van der Waals surface area contributed by atoms with Crippen molar-refractivity contribution in [3.05, 3.63) is 18.2 Å². The summed E-state index contributed by atoms with van der Waals surface area (Å²) < 4.78 is 2.20. The van der Waals surface area contributed by atoms with Crippen LogP contribution in [-0.2, 0) is 16.0 Å². The zero-order valence-electron chi connectivity index (χ0n) is 12.9. The van der Waals surface area contributed by atoms with Gasteiger partial charge in [0.2, 0.25) is 11.8 Å². The number of amides is 2. The molecule has 2 amide bonds. The summed E-state index contributed by atoms with van der Waals surface area (Å²) in [6, 6.07) is 0.304. The van der Waals surface area contributed by atoms with Gasteiger partial charge < -0.3 is 14.4 Å². The van der Waals surface area contributed by atoms with Crippen LogP contribution in [0.4, 0.5) is 0 Å². The lowest BCUT2D eigenvalue weighted by molar-refractivity contribution is -0.139. The van der Waals surface area contributed by atoms with Gasteiger partial charge in [-0.2, -0.15) is 0 Å². The smallest absolute Gasteiger partial charge is 0.242 e. The van der Waals surface area contributed by atoms with Crippen molar-refractivity contribution >= 4 is 23.6 Å². The van der Waals surface area contributed by atoms with Crippen molar-refractivity contribution in [1.29, 1.82) is 0 Å². The van der Waals surface area contributed by atoms with Gasteiger partial charge in [0.15, 0.2) is 0 Å². The van der Waals surface area contributed by atoms with Gasteiger partial charge in [0, 0.05) is 31.9 Å². The number of thioether (sulfide) groups is 1. The highest BCUT2D eigenvalue weighted by molar-refractivity contribution is 8.00. The summed E-state index contributed by atoms with van der Waals surface area (Å²) in [7, 11) is 0. The van der Waals surface area contributed by atoms with Gasteiger partial charge in [-0.05, 0) is 12.8 Å². The quantitative estimate of drug-likeness (QED) is 0.834. The van der Waals surface area contributed by atoms with Crippen molar-refractivity contribution in [1.82, 2.24) is 19.4 Å². The second-order valence-electron chi connectivity index (χ2n) is 5.81. The highest BCUT2D eigenvalue weighted by Crippen LogP contribution is 2.23. The molecular formula is C15H22N4O2S. The number of imidazole rings is 1. The van der Waals surface area contributed by atoms with E-state index in [1.54, 1.807) is 16.7 Å². The fourth-order valence-corrected chi connectivity index (χ4v) is 4.07. The van der Waals surface area contributed by atoms with E-state index in [-0.39, 0.29) is 18.4 Å². The Labute approximate surface area is 134 Å². The number of carbonyl (C=O) groups excluding carboxylic acids is 2. The Hall–Kier alpha value is -1.50. The first-order valence-electron chi connectivity index (χ1n) is 7.84. The minimum Gasteiger partial charge on any atom is -0.339 e. The summed E-state index contributed by atoms with van der Waals surface area (Å²) in [6.07, 6.45) is 6.82. The average Bonchev–Trinajstić information content (AvgIpc) is 3.16. The predicted molar refractivity (Wildman–Crippen MR) is 85.5 cm³/mol. The molecule has 0 aliphatic carbocycles. The Morgan fingerprint density at radius 2 is 2.36 bits per heavy atom. The summed E-state index contributed by atoms with van der Waals surface area (Å²) in [5, 5.41) is 0. The first kappa shape index (κ1) is 15.4. The van der Waals surface area contributed by atoms with E-state index in [0.29, 0.717) is 17.7 Å². The second kappa shape index (κ2) is 6.73. The fourth-order valence-electron chi connectivity index (χ4n) is 3.16. The fraction of sp³-hybridized carbons (Fsp3) is 0.667. The molecule has 2 aliphatic heterocycles. The molecule has 0 radical (unpaired) electrons. The van der Waals surface area contributed by atoms with Crippen molar-refractivity contribution in [2.45, 2.75) is 32.2 Å². The van der Waals surface area contributed by atoms with Gasteiger partial charge in [0.1, 0.15) is 12.4 Å². The minimum atomic E-state index is 0.0683. The largest absolute Gasteiger partial charge is 0.339 e. The number of nitrogens with zero attached hydrogens (tertiary/aromatic N) is 4. The second-order valence-corrected chi connectivity index (χ2v) is 6.76. The molecule has 120 valence electrons. The molecule has 1 aromatic heterocycles. The third kappa shape index (κ3) is 3.14. The zero-order chi connectivity index (χ0) is 15.5. The van der Waals surface area contributed by atoms with Crippen molar-refractivity contribution in [2.75, 3.05) is 31.3 Å². The number of aromatic nitrogens is 2. The zero-order valence-corrected chi connectivity index (χ0v) is 13.7. The summed E-state index contributed by atoms with van der Waals surface area (Å²) >= 11 is 1.58. The van der Waals surface area contributed by atoms with Gasteiger partial charge in [-0.1, -0.05) is 6.92 Å². The van der Waals surface area contributed by atoms with Crippen LogP contribution >= 0.6 is 11.8 Å². The SMILES string of the molecule is CCc1nccn1[C@H]1CCCN(C(=O)CN2CSCC2=O)C1. The van der Waals surface area contributed by atoms with Gasteiger partial charge >= 0.3 is 0 Å². The number of aryl methyl sites for hydroxylation is 1. The molecule has 3 heterocycles. The van der Waals surface area contributed by atoms with Gasteiger partial charge in [0.05, 0.1) is 17.7 Å². The molecular weight excluding hydrogens is 300 g/mol. The Kier molecular flexibility index (Phi) is 4.71. The van der Waals surface area contributed by atoms with Crippen LogP contribution in [0.1, 0.15) is 31.6 Å². The maximum Gasteiger partial charge on any atom is 0.242 e. The molecule has 1 aromatic rings. The molecule has 7 heteroatoms. The van der Waals surface area contributed by atoms with E-state index in [9.17, 15) is 9.59 Å². The number of rotatable bonds is 4. The van der Waals surface area contributed by atoms with E-state index < -0.39 is 0 Å². The summed E-state index contributed by atoms with van der Waals surface area (Å²) in [5.74, 6) is 2.37. The van der Waals surface area contributed by atoms with E-state index >= 15 is 0 Å². The molecule has 2 saturated heterocycles. The maximum absolute atomic E-state index is 12.5. The lowest BCUT2D eigenvalue weighted by Crippen LogP contribution is -2.46. The summed E-state index contributed by atoms with van der Waals surface area (Å²) in [5.41, 5.74) is 0. The van der Waals surface area contributed by atoms with Crippen molar-refractivity contribution in [2.24, 2.45) is 0 Å². The highest BCUT2D eigenvalue weighted by atomic mass is 32.2. The molecule has 0 bridgehead atoms. The molecule has 0 unspecified atom stereocenters. The van der Waals surface area contributed by atoms with E-state index in [1.807, 2.05) is 17.3 Å². The molecule has 6 nitrogen and oxygen atoms in total. The van der Waals surface area contributed by atoms with E-state index in [4.69, 9.17) is 0 Å². The van der Waals surface area contributed by atoms with Crippen LogP contribution in [-0.4, -0.2) is 62.4 Å². The van der Waals surface area contributed by atoms with Crippen LogP contribution in [0.2, 0.25) is 0 Å². The third-order valence-electron chi connectivity index (χ3n) is 4.36. The van der Waals surface area contributed by atoms with Crippen molar-refractivity contribution in [3.63, 3.8) is 0 Å². The molecule has 1 atom stereocenters. The molecule has 2 aliphatic rings. The van der Waals surface area contributed by atoms with Crippen LogP contribution in [0.25, 0.3) is 0 Å². The molecule has 0 aromatic carbocycles. The Balaban J connectivity index is 1.62. The van der Waals surface area contributed by atoms with Gasteiger partial charge in [-0.25, -0.2) is 4.98 Å². The van der Waals surface area contributed by atoms with E-state index in [2.05, 4.69) is 16.5 Å². The maximum atomic E-state index is 12.5. The Morgan fingerprint density at radius 3 is 3.09 bits per heavy atom. The van der Waals surface area contributed by atoms with Crippen LogP contribution in [0.5, 0.6) is 0 Å². The van der Waals surface area contributed by atoms with E-state index in [0.717, 1.165) is 38.2 Å².